The molecule has 0 radical (unpaired) electrons. The van der Waals surface area contributed by atoms with Crippen LogP contribution in [0.5, 0.6) is 0 Å². The summed E-state index contributed by atoms with van der Waals surface area (Å²) in [6.07, 6.45) is 2.92. The number of nitrogens with zero attached hydrogens (tertiary/aromatic N) is 1. The lowest BCUT2D eigenvalue weighted by Crippen LogP contribution is -2.23. The highest BCUT2D eigenvalue weighted by Gasteiger charge is 2.13. The molecule has 94 valence electrons. The summed E-state index contributed by atoms with van der Waals surface area (Å²) in [5.41, 5.74) is 2.22. The van der Waals surface area contributed by atoms with Crippen LogP contribution >= 0.6 is 11.6 Å². The number of nitrogens with one attached hydrogen (secondary N) is 1. The molecule has 2 aromatic rings. The monoisotopic (exact) mass is 260 g/mol. The molecule has 18 heavy (non-hydrogen) atoms. The van der Waals surface area contributed by atoms with Crippen molar-refractivity contribution in [3.8, 4) is 0 Å². The largest absolute Gasteiger partial charge is 0.305 e. The molecule has 0 saturated heterocycles. The van der Waals surface area contributed by atoms with Crippen molar-refractivity contribution in [3.05, 3.63) is 64.9 Å². The van der Waals surface area contributed by atoms with Crippen molar-refractivity contribution in [1.82, 2.24) is 10.3 Å². The lowest BCUT2D eigenvalue weighted by molar-refractivity contribution is 0.586. The Bertz CT molecular complexity index is 468. The fourth-order valence-electron chi connectivity index (χ4n) is 1.88. The van der Waals surface area contributed by atoms with Gasteiger partial charge in [-0.05, 0) is 42.8 Å². The minimum absolute atomic E-state index is 0.128. The van der Waals surface area contributed by atoms with Crippen LogP contribution < -0.4 is 5.32 Å². The minimum Gasteiger partial charge on any atom is -0.305 e. The Morgan fingerprint density at radius 2 is 1.94 bits per heavy atom. The van der Waals surface area contributed by atoms with Crippen molar-refractivity contribution in [2.75, 3.05) is 6.54 Å². The first-order chi connectivity index (χ1) is 8.81. The first-order valence-electron chi connectivity index (χ1n) is 6.21. The maximum atomic E-state index is 5.93. The molecule has 0 amide bonds. The van der Waals surface area contributed by atoms with E-state index >= 15 is 0 Å². The number of hydrogen-bond acceptors (Lipinski definition) is 2. The normalized spacial score (nSPS) is 12.3. The lowest BCUT2D eigenvalue weighted by atomic mass is 10.0. The van der Waals surface area contributed by atoms with E-state index in [1.165, 1.54) is 5.56 Å². The van der Waals surface area contributed by atoms with Crippen LogP contribution in [-0.4, -0.2) is 11.5 Å². The molecule has 3 heteroatoms. The summed E-state index contributed by atoms with van der Waals surface area (Å²) in [4.78, 5) is 4.44. The highest BCUT2D eigenvalue weighted by atomic mass is 35.5. The summed E-state index contributed by atoms with van der Waals surface area (Å²) in [5.74, 6) is 0. The lowest BCUT2D eigenvalue weighted by Gasteiger charge is -2.18. The fraction of sp³-hybridized carbons (Fsp3) is 0.267. The smallest absolute Gasteiger partial charge is 0.0751 e. The Morgan fingerprint density at radius 3 is 2.56 bits per heavy atom. The summed E-state index contributed by atoms with van der Waals surface area (Å²) in [5, 5.41) is 4.27. The van der Waals surface area contributed by atoms with E-state index in [1.54, 1.807) is 0 Å². The molecule has 0 fully saturated rings. The molecule has 0 aliphatic rings. The standard InChI is InChI=1S/C15H17ClN2/c1-2-10-18-15(14-5-3-4-11-17-14)12-6-8-13(16)9-7-12/h3-9,11,15,18H,2,10H2,1H3. The van der Waals surface area contributed by atoms with E-state index in [4.69, 9.17) is 11.6 Å². The average Bonchev–Trinajstić information content (AvgIpc) is 2.42. The maximum Gasteiger partial charge on any atom is 0.0751 e. The van der Waals surface area contributed by atoms with Gasteiger partial charge in [-0.2, -0.15) is 0 Å². The van der Waals surface area contributed by atoms with Gasteiger partial charge in [-0.3, -0.25) is 4.98 Å². The molecule has 2 nitrogen and oxygen atoms in total. The van der Waals surface area contributed by atoms with Gasteiger partial charge < -0.3 is 5.32 Å². The van der Waals surface area contributed by atoms with Crippen molar-refractivity contribution < 1.29 is 0 Å². The quantitative estimate of drug-likeness (QED) is 0.884. The third kappa shape index (κ3) is 3.31. The molecular formula is C15H17ClN2. The van der Waals surface area contributed by atoms with Gasteiger partial charge >= 0.3 is 0 Å². The zero-order valence-electron chi connectivity index (χ0n) is 10.4. The third-order valence-electron chi connectivity index (χ3n) is 2.79. The molecule has 1 N–H and O–H groups in total. The van der Waals surface area contributed by atoms with E-state index in [9.17, 15) is 0 Å². The van der Waals surface area contributed by atoms with Crippen LogP contribution in [-0.2, 0) is 0 Å². The van der Waals surface area contributed by atoms with Crippen molar-refractivity contribution in [1.29, 1.82) is 0 Å². The van der Waals surface area contributed by atoms with Crippen LogP contribution in [0.1, 0.15) is 30.6 Å². The van der Waals surface area contributed by atoms with E-state index in [0.717, 1.165) is 23.7 Å². The second-order valence-electron chi connectivity index (χ2n) is 4.19. The molecule has 1 unspecified atom stereocenters. The van der Waals surface area contributed by atoms with Gasteiger partial charge in [0.25, 0.3) is 0 Å². The number of benzene rings is 1. The van der Waals surface area contributed by atoms with Crippen LogP contribution in [0.2, 0.25) is 5.02 Å². The molecule has 0 bridgehead atoms. The Labute approximate surface area is 113 Å². The summed E-state index contributed by atoms with van der Waals surface area (Å²) < 4.78 is 0. The summed E-state index contributed by atoms with van der Waals surface area (Å²) in [6.45, 7) is 3.12. The van der Waals surface area contributed by atoms with Crippen molar-refractivity contribution in [2.24, 2.45) is 0 Å². The number of hydrogen-bond donors (Lipinski definition) is 1. The second-order valence-corrected chi connectivity index (χ2v) is 4.63. The molecule has 2 rings (SSSR count). The van der Waals surface area contributed by atoms with Gasteiger partial charge in [0.2, 0.25) is 0 Å². The van der Waals surface area contributed by atoms with Crippen LogP contribution in [0.4, 0.5) is 0 Å². The molecule has 1 aromatic carbocycles. The first kappa shape index (κ1) is 13.1. The summed E-state index contributed by atoms with van der Waals surface area (Å²) >= 11 is 5.93. The molecule has 0 spiro atoms. The Kier molecular flexibility index (Phi) is 4.73. The van der Waals surface area contributed by atoms with Gasteiger partial charge in [0.15, 0.2) is 0 Å². The van der Waals surface area contributed by atoms with Gasteiger partial charge in [-0.15, -0.1) is 0 Å². The van der Waals surface area contributed by atoms with Crippen LogP contribution in [0.25, 0.3) is 0 Å². The minimum atomic E-state index is 0.128. The maximum absolute atomic E-state index is 5.93. The Hall–Kier alpha value is -1.38. The molecule has 1 aromatic heterocycles. The van der Waals surface area contributed by atoms with E-state index in [0.29, 0.717) is 0 Å². The second kappa shape index (κ2) is 6.53. The van der Waals surface area contributed by atoms with Crippen LogP contribution in [0.15, 0.2) is 48.7 Å². The van der Waals surface area contributed by atoms with Crippen molar-refractivity contribution in [2.45, 2.75) is 19.4 Å². The SMILES string of the molecule is CCCNC(c1ccc(Cl)cc1)c1ccccn1. The van der Waals surface area contributed by atoms with Gasteiger partial charge in [-0.25, -0.2) is 0 Å². The van der Waals surface area contributed by atoms with E-state index in [1.807, 2.05) is 48.7 Å². The zero-order chi connectivity index (χ0) is 12.8. The topological polar surface area (TPSA) is 24.9 Å². The molecule has 0 aliphatic heterocycles. The highest BCUT2D eigenvalue weighted by molar-refractivity contribution is 6.30. The molecule has 1 atom stereocenters. The van der Waals surface area contributed by atoms with Gasteiger partial charge in [0.05, 0.1) is 11.7 Å². The van der Waals surface area contributed by atoms with E-state index < -0.39 is 0 Å². The van der Waals surface area contributed by atoms with Gasteiger partial charge in [0.1, 0.15) is 0 Å². The Morgan fingerprint density at radius 1 is 1.17 bits per heavy atom. The predicted molar refractivity (Wildman–Crippen MR) is 75.8 cm³/mol. The number of aromatic nitrogens is 1. The highest BCUT2D eigenvalue weighted by Crippen LogP contribution is 2.21. The third-order valence-corrected chi connectivity index (χ3v) is 3.04. The Balaban J connectivity index is 2.27. The van der Waals surface area contributed by atoms with Crippen LogP contribution in [0, 0.1) is 0 Å². The predicted octanol–water partition coefficient (Wildman–Crippen LogP) is 3.82. The van der Waals surface area contributed by atoms with Crippen LogP contribution in [0.3, 0.4) is 0 Å². The first-order valence-corrected chi connectivity index (χ1v) is 6.59. The molecular weight excluding hydrogens is 244 g/mol. The fourth-order valence-corrected chi connectivity index (χ4v) is 2.01. The molecule has 0 saturated carbocycles. The number of halogens is 1. The van der Waals surface area contributed by atoms with Gasteiger partial charge in [0, 0.05) is 11.2 Å². The molecule has 0 aliphatic carbocycles. The number of pyridine rings is 1. The summed E-state index contributed by atoms with van der Waals surface area (Å²) in [7, 11) is 0. The van der Waals surface area contributed by atoms with Gasteiger partial charge in [-0.1, -0.05) is 36.7 Å². The average molecular weight is 261 g/mol. The van der Waals surface area contributed by atoms with Crippen molar-refractivity contribution in [3.63, 3.8) is 0 Å². The van der Waals surface area contributed by atoms with E-state index in [2.05, 4.69) is 17.2 Å². The van der Waals surface area contributed by atoms with E-state index in [-0.39, 0.29) is 6.04 Å². The van der Waals surface area contributed by atoms with Crippen molar-refractivity contribution >= 4 is 11.6 Å². The molecule has 1 heterocycles. The summed E-state index contributed by atoms with van der Waals surface area (Å²) in [6, 6.07) is 14.0. The number of rotatable bonds is 5. The zero-order valence-corrected chi connectivity index (χ0v) is 11.2.